The lowest BCUT2D eigenvalue weighted by Crippen LogP contribution is -2.30. The van der Waals surface area contributed by atoms with Crippen LogP contribution in [0.2, 0.25) is 0 Å². The minimum atomic E-state index is -0.355. The van der Waals surface area contributed by atoms with E-state index in [0.717, 1.165) is 11.3 Å². The number of nitriles is 1. The van der Waals surface area contributed by atoms with Crippen LogP contribution in [0.1, 0.15) is 22.6 Å². The molecule has 38 heavy (non-hydrogen) atoms. The summed E-state index contributed by atoms with van der Waals surface area (Å²) in [5.74, 6) is 0.430. The predicted molar refractivity (Wildman–Crippen MR) is 147 cm³/mol. The third-order valence-corrected chi connectivity index (χ3v) is 5.86. The van der Waals surface area contributed by atoms with Crippen LogP contribution in [0.15, 0.2) is 90.1 Å². The van der Waals surface area contributed by atoms with Crippen LogP contribution in [0, 0.1) is 11.3 Å². The van der Waals surface area contributed by atoms with Crippen LogP contribution in [0.5, 0.6) is 0 Å². The Morgan fingerprint density at radius 3 is 2.68 bits per heavy atom. The molecule has 2 amide bonds. The molecule has 0 atom stereocenters. The number of H-pyrrole nitrogens is 1. The SMILES string of the molecule is N#Cc1ccc(/C=C/c2nc3ccccc3c(=O)n2-c2cccc(NC(=O)NCCc3cnc[nH]3)c2)cc1. The van der Waals surface area contributed by atoms with E-state index in [4.69, 9.17) is 10.2 Å². The Balaban J connectivity index is 1.44. The smallest absolute Gasteiger partial charge is 0.319 e. The average molecular weight is 502 g/mol. The number of imidazole rings is 1. The topological polar surface area (TPSA) is 128 Å². The molecule has 3 N–H and O–H groups in total. The molecule has 186 valence electrons. The number of aromatic amines is 1. The molecule has 0 aliphatic heterocycles. The molecule has 2 heterocycles. The zero-order valence-corrected chi connectivity index (χ0v) is 20.3. The number of para-hydroxylation sites is 1. The van der Waals surface area contributed by atoms with Gasteiger partial charge in [0.15, 0.2) is 0 Å². The van der Waals surface area contributed by atoms with Crippen LogP contribution in [0.4, 0.5) is 10.5 Å². The molecule has 0 radical (unpaired) electrons. The third kappa shape index (κ3) is 5.50. The molecular weight excluding hydrogens is 478 g/mol. The van der Waals surface area contributed by atoms with E-state index in [9.17, 15) is 9.59 Å². The van der Waals surface area contributed by atoms with Gasteiger partial charge >= 0.3 is 6.03 Å². The molecule has 3 aromatic carbocycles. The summed E-state index contributed by atoms with van der Waals surface area (Å²) in [5, 5.41) is 15.2. The fraction of sp³-hybridized carbons (Fsp3) is 0.0690. The fourth-order valence-electron chi connectivity index (χ4n) is 3.98. The zero-order valence-electron chi connectivity index (χ0n) is 20.3. The number of hydrogen-bond acceptors (Lipinski definition) is 5. The summed E-state index contributed by atoms with van der Waals surface area (Å²) in [6, 6.07) is 23.1. The number of benzene rings is 3. The first-order chi connectivity index (χ1) is 18.6. The molecule has 2 aromatic heterocycles. The monoisotopic (exact) mass is 501 g/mol. The number of nitrogens with zero attached hydrogens (tertiary/aromatic N) is 4. The first kappa shape index (κ1) is 24.2. The predicted octanol–water partition coefficient (Wildman–Crippen LogP) is 4.52. The highest BCUT2D eigenvalue weighted by Crippen LogP contribution is 2.19. The Bertz CT molecular complexity index is 1710. The summed E-state index contributed by atoms with van der Waals surface area (Å²) < 4.78 is 1.52. The highest BCUT2D eigenvalue weighted by Gasteiger charge is 2.12. The quantitative estimate of drug-likeness (QED) is 0.302. The van der Waals surface area contributed by atoms with Gasteiger partial charge in [-0.05, 0) is 54.1 Å². The van der Waals surface area contributed by atoms with Gasteiger partial charge in [-0.25, -0.2) is 14.8 Å². The maximum absolute atomic E-state index is 13.6. The Hall–Kier alpha value is -5.49. The minimum Gasteiger partial charge on any atom is -0.348 e. The Kier molecular flexibility index (Phi) is 7.04. The van der Waals surface area contributed by atoms with Gasteiger partial charge in [-0.15, -0.1) is 0 Å². The number of hydrogen-bond donors (Lipinski definition) is 3. The van der Waals surface area contributed by atoms with Crippen molar-refractivity contribution in [2.75, 3.05) is 11.9 Å². The van der Waals surface area contributed by atoms with Crippen LogP contribution in [0.25, 0.3) is 28.7 Å². The number of nitrogens with one attached hydrogen (secondary N) is 3. The second kappa shape index (κ2) is 11.1. The largest absolute Gasteiger partial charge is 0.348 e. The molecule has 5 rings (SSSR count). The summed E-state index contributed by atoms with van der Waals surface area (Å²) >= 11 is 0. The summed E-state index contributed by atoms with van der Waals surface area (Å²) in [7, 11) is 0. The fourth-order valence-corrected chi connectivity index (χ4v) is 3.98. The van der Waals surface area contributed by atoms with Crippen LogP contribution < -0.4 is 16.2 Å². The summed E-state index contributed by atoms with van der Waals surface area (Å²) in [4.78, 5) is 37.7. The van der Waals surface area contributed by atoms with E-state index in [1.165, 1.54) is 4.57 Å². The normalized spacial score (nSPS) is 10.9. The average Bonchev–Trinajstić information content (AvgIpc) is 3.46. The van der Waals surface area contributed by atoms with Crippen molar-refractivity contribution in [3.63, 3.8) is 0 Å². The van der Waals surface area contributed by atoms with Gasteiger partial charge in [0.2, 0.25) is 0 Å². The molecule has 0 spiro atoms. The van der Waals surface area contributed by atoms with Gasteiger partial charge in [0.05, 0.1) is 34.6 Å². The van der Waals surface area contributed by atoms with Gasteiger partial charge in [0.25, 0.3) is 5.56 Å². The Morgan fingerprint density at radius 2 is 1.89 bits per heavy atom. The number of anilines is 1. The highest BCUT2D eigenvalue weighted by atomic mass is 16.2. The first-order valence-electron chi connectivity index (χ1n) is 11.9. The zero-order chi connectivity index (χ0) is 26.3. The lowest BCUT2D eigenvalue weighted by molar-refractivity contribution is 0.252. The van der Waals surface area contributed by atoms with Gasteiger partial charge in [-0.1, -0.05) is 36.4 Å². The van der Waals surface area contributed by atoms with Gasteiger partial charge in [-0.2, -0.15) is 5.26 Å². The molecule has 9 heteroatoms. The van der Waals surface area contributed by atoms with Crippen molar-refractivity contribution in [1.82, 2.24) is 24.8 Å². The second-order valence-corrected chi connectivity index (χ2v) is 8.45. The standard InChI is InChI=1S/C29H23N7O2/c30-17-21-10-8-20(9-11-21)12-13-27-35-26-7-2-1-6-25(26)28(37)36(27)24-5-3-4-22(16-24)34-29(38)32-15-14-23-18-31-19-33-23/h1-13,16,18-19H,14-15H2,(H,31,33)(H2,32,34,38)/b13-12+. The van der Waals surface area contributed by atoms with Crippen LogP contribution >= 0.6 is 0 Å². The van der Waals surface area contributed by atoms with Crippen LogP contribution in [-0.2, 0) is 6.42 Å². The molecule has 0 aliphatic rings. The van der Waals surface area contributed by atoms with Gasteiger partial charge in [-0.3, -0.25) is 9.36 Å². The first-order valence-corrected chi connectivity index (χ1v) is 11.9. The molecular formula is C29H23N7O2. The number of carbonyl (C=O) groups excluding carboxylic acids is 1. The number of fused-ring (bicyclic) bond motifs is 1. The second-order valence-electron chi connectivity index (χ2n) is 8.45. The van der Waals surface area contributed by atoms with E-state index >= 15 is 0 Å². The molecule has 0 saturated heterocycles. The van der Waals surface area contributed by atoms with Crippen molar-refractivity contribution in [2.45, 2.75) is 6.42 Å². The van der Waals surface area contributed by atoms with E-state index in [1.807, 2.05) is 24.3 Å². The van der Waals surface area contributed by atoms with E-state index in [-0.39, 0.29) is 11.6 Å². The van der Waals surface area contributed by atoms with E-state index in [0.29, 0.717) is 46.6 Å². The van der Waals surface area contributed by atoms with Crippen molar-refractivity contribution in [2.24, 2.45) is 0 Å². The highest BCUT2D eigenvalue weighted by molar-refractivity contribution is 5.89. The number of amides is 2. The van der Waals surface area contributed by atoms with E-state index < -0.39 is 0 Å². The van der Waals surface area contributed by atoms with E-state index in [2.05, 4.69) is 26.7 Å². The Labute approximate surface area is 218 Å². The maximum Gasteiger partial charge on any atom is 0.319 e. The third-order valence-electron chi connectivity index (χ3n) is 5.86. The molecule has 0 bridgehead atoms. The van der Waals surface area contributed by atoms with Crippen LogP contribution in [-0.4, -0.2) is 32.1 Å². The van der Waals surface area contributed by atoms with Crippen molar-refractivity contribution < 1.29 is 4.79 Å². The summed E-state index contributed by atoms with van der Waals surface area (Å²) in [5.41, 5.74) is 3.80. The number of rotatable bonds is 7. The molecule has 9 nitrogen and oxygen atoms in total. The van der Waals surface area contributed by atoms with Gasteiger partial charge in [0.1, 0.15) is 5.82 Å². The van der Waals surface area contributed by atoms with Gasteiger partial charge in [0, 0.05) is 30.5 Å². The molecule has 5 aromatic rings. The van der Waals surface area contributed by atoms with Crippen molar-refractivity contribution in [3.8, 4) is 11.8 Å². The lowest BCUT2D eigenvalue weighted by Gasteiger charge is -2.13. The number of carbonyl (C=O) groups is 1. The van der Waals surface area contributed by atoms with Crippen molar-refractivity contribution >= 4 is 34.8 Å². The molecule has 0 saturated carbocycles. The molecule has 0 fully saturated rings. The lowest BCUT2D eigenvalue weighted by atomic mass is 10.1. The van der Waals surface area contributed by atoms with Crippen LogP contribution in [0.3, 0.4) is 0 Å². The number of urea groups is 1. The van der Waals surface area contributed by atoms with E-state index in [1.54, 1.807) is 73.2 Å². The molecule has 0 aliphatic carbocycles. The Morgan fingerprint density at radius 1 is 1.05 bits per heavy atom. The van der Waals surface area contributed by atoms with Crippen molar-refractivity contribution in [3.05, 3.63) is 118 Å². The maximum atomic E-state index is 13.6. The minimum absolute atomic E-state index is 0.226. The van der Waals surface area contributed by atoms with Gasteiger partial charge < -0.3 is 15.6 Å². The molecule has 0 unspecified atom stereocenters. The number of aromatic nitrogens is 4. The van der Waals surface area contributed by atoms with Crippen molar-refractivity contribution in [1.29, 1.82) is 5.26 Å². The summed E-state index contributed by atoms with van der Waals surface area (Å²) in [6.07, 6.45) is 7.53. The summed E-state index contributed by atoms with van der Waals surface area (Å²) in [6.45, 7) is 0.437.